The quantitative estimate of drug-likeness (QED) is 0.483. The van der Waals surface area contributed by atoms with Gasteiger partial charge in [0, 0.05) is 17.9 Å². The number of cyclic esters (lactones) is 1. The van der Waals surface area contributed by atoms with Crippen LogP contribution in [0.4, 0.5) is 4.79 Å². The van der Waals surface area contributed by atoms with Crippen LogP contribution in [0.15, 0.2) is 12.2 Å². The van der Waals surface area contributed by atoms with Gasteiger partial charge in [0.15, 0.2) is 0 Å². The Morgan fingerprint density at radius 1 is 1.36 bits per heavy atom. The van der Waals surface area contributed by atoms with Crippen molar-refractivity contribution in [3.8, 4) is 0 Å². The van der Waals surface area contributed by atoms with Crippen LogP contribution in [-0.2, 0) is 14.3 Å². The van der Waals surface area contributed by atoms with Crippen LogP contribution in [0, 0.1) is 0 Å². The van der Waals surface area contributed by atoms with E-state index >= 15 is 0 Å². The molecule has 0 radical (unpaired) electrons. The zero-order chi connectivity index (χ0) is 10.1. The van der Waals surface area contributed by atoms with E-state index in [4.69, 9.17) is 4.74 Å². The molecule has 0 spiro atoms. The Labute approximate surface area is 84.1 Å². The van der Waals surface area contributed by atoms with Crippen LogP contribution in [0.3, 0.4) is 0 Å². The van der Waals surface area contributed by atoms with Gasteiger partial charge in [0.25, 0.3) is 11.8 Å². The van der Waals surface area contributed by atoms with Crippen LogP contribution in [0.25, 0.3) is 0 Å². The summed E-state index contributed by atoms with van der Waals surface area (Å²) in [4.78, 5) is 34.1. The van der Waals surface area contributed by atoms with Crippen LogP contribution in [-0.4, -0.2) is 40.4 Å². The number of hydrogen-bond donors (Lipinski definition) is 0. The molecule has 0 aromatic rings. The number of rotatable bonds is 2. The largest absolute Gasteiger partial charge is 0.451 e. The van der Waals surface area contributed by atoms with Crippen LogP contribution >= 0.6 is 11.8 Å². The highest BCUT2D eigenvalue weighted by Gasteiger charge is 2.31. The molecule has 2 amide bonds. The molecule has 1 unspecified atom stereocenters. The lowest BCUT2D eigenvalue weighted by Crippen LogP contribution is -2.37. The number of carbonyl (C=O) groups excluding carboxylic acids is 3. The lowest BCUT2D eigenvalue weighted by atomic mass is 10.3. The molecule has 1 atom stereocenters. The molecule has 2 rings (SSSR count). The van der Waals surface area contributed by atoms with Crippen LogP contribution in [0.2, 0.25) is 0 Å². The van der Waals surface area contributed by atoms with E-state index in [9.17, 15) is 14.4 Å². The minimum absolute atomic E-state index is 0.156. The predicted octanol–water partition coefficient (Wildman–Crippen LogP) is 0.163. The fraction of sp³-hybridized carbons (Fsp3) is 0.375. The number of nitrogens with zero attached hydrogens (tertiary/aromatic N) is 1. The molecule has 1 fully saturated rings. The maximum Gasteiger partial charge on any atom is 0.367 e. The topological polar surface area (TPSA) is 63.7 Å². The number of imide groups is 1. The normalized spacial score (nSPS) is 26.1. The molecule has 0 N–H and O–H groups in total. The zero-order valence-corrected chi connectivity index (χ0v) is 7.95. The van der Waals surface area contributed by atoms with Gasteiger partial charge in [-0.05, 0) is 11.8 Å². The van der Waals surface area contributed by atoms with E-state index in [2.05, 4.69) is 0 Å². The second-order valence-corrected chi connectivity index (χ2v) is 3.88. The Hall–Kier alpha value is -1.30. The van der Waals surface area contributed by atoms with Gasteiger partial charge >= 0.3 is 5.30 Å². The summed E-state index contributed by atoms with van der Waals surface area (Å²) < 4.78 is 4.87. The second-order valence-electron chi connectivity index (χ2n) is 2.92. The molecular formula is C8H7NO4S. The molecule has 0 bridgehead atoms. The van der Waals surface area contributed by atoms with E-state index in [0.717, 1.165) is 16.7 Å². The standard InChI is InChI=1S/C8H7NO4S/c10-6-1-2-7(11)9(6)3-5-4-14-8(12)13-5/h1-2,5H,3-4H2. The van der Waals surface area contributed by atoms with Crippen LogP contribution in [0.5, 0.6) is 0 Å². The van der Waals surface area contributed by atoms with E-state index in [0.29, 0.717) is 5.75 Å². The Morgan fingerprint density at radius 2 is 2.00 bits per heavy atom. The summed E-state index contributed by atoms with van der Waals surface area (Å²) in [6.45, 7) is 0.156. The summed E-state index contributed by atoms with van der Waals surface area (Å²) >= 11 is 1.06. The lowest BCUT2D eigenvalue weighted by molar-refractivity contribution is -0.138. The monoisotopic (exact) mass is 213 g/mol. The molecule has 2 aliphatic heterocycles. The van der Waals surface area contributed by atoms with E-state index in [1.807, 2.05) is 0 Å². The maximum absolute atomic E-state index is 11.1. The molecule has 0 aliphatic carbocycles. The van der Waals surface area contributed by atoms with Gasteiger partial charge in [-0.25, -0.2) is 4.79 Å². The first kappa shape index (κ1) is 9.26. The molecular weight excluding hydrogens is 206 g/mol. The van der Waals surface area contributed by atoms with Crippen molar-refractivity contribution in [3.05, 3.63) is 12.2 Å². The summed E-state index contributed by atoms with van der Waals surface area (Å²) in [6, 6.07) is 0. The third kappa shape index (κ3) is 1.65. The first-order valence-electron chi connectivity index (χ1n) is 4.04. The Morgan fingerprint density at radius 3 is 2.50 bits per heavy atom. The van der Waals surface area contributed by atoms with Crippen molar-refractivity contribution in [2.24, 2.45) is 0 Å². The molecule has 0 aromatic heterocycles. The minimum atomic E-state index is -0.361. The summed E-state index contributed by atoms with van der Waals surface area (Å²) in [6.07, 6.45) is 2.07. The SMILES string of the molecule is O=C1OC(CN2C(=O)C=CC2=O)CS1. The van der Waals surface area contributed by atoms with Crippen molar-refractivity contribution >= 4 is 28.9 Å². The highest BCUT2D eigenvalue weighted by molar-refractivity contribution is 8.13. The number of carbonyl (C=O) groups is 3. The van der Waals surface area contributed by atoms with Gasteiger partial charge in [0.1, 0.15) is 6.10 Å². The first-order valence-corrected chi connectivity index (χ1v) is 5.02. The van der Waals surface area contributed by atoms with Gasteiger partial charge in [-0.3, -0.25) is 14.5 Å². The third-order valence-electron chi connectivity index (χ3n) is 1.94. The molecule has 0 aromatic carbocycles. The van der Waals surface area contributed by atoms with E-state index in [1.54, 1.807) is 0 Å². The molecule has 14 heavy (non-hydrogen) atoms. The number of ether oxygens (including phenoxy) is 1. The van der Waals surface area contributed by atoms with Crippen molar-refractivity contribution in [2.75, 3.05) is 12.3 Å². The van der Waals surface area contributed by atoms with Crippen molar-refractivity contribution in [1.29, 1.82) is 0 Å². The Bertz CT molecular complexity index is 320. The maximum atomic E-state index is 11.1. The van der Waals surface area contributed by atoms with E-state index in [1.165, 1.54) is 12.2 Å². The van der Waals surface area contributed by atoms with Gasteiger partial charge < -0.3 is 4.74 Å². The number of amides is 2. The molecule has 1 saturated heterocycles. The Kier molecular flexibility index (Phi) is 2.28. The van der Waals surface area contributed by atoms with Gasteiger partial charge in [-0.2, -0.15) is 0 Å². The molecule has 6 heteroatoms. The summed E-state index contributed by atoms with van der Waals surface area (Å²) in [5, 5.41) is -0.345. The van der Waals surface area contributed by atoms with Crippen LogP contribution < -0.4 is 0 Å². The second kappa shape index (κ2) is 3.45. The molecule has 0 saturated carbocycles. The summed E-state index contributed by atoms with van der Waals surface area (Å²) in [5.41, 5.74) is 0. The number of hydrogen-bond acceptors (Lipinski definition) is 5. The lowest BCUT2D eigenvalue weighted by Gasteiger charge is -2.16. The van der Waals surface area contributed by atoms with Crippen molar-refractivity contribution in [1.82, 2.24) is 4.90 Å². The van der Waals surface area contributed by atoms with Crippen molar-refractivity contribution in [2.45, 2.75) is 6.10 Å². The number of thioether (sulfide) groups is 1. The summed E-state index contributed by atoms with van der Waals surface area (Å²) in [7, 11) is 0. The fourth-order valence-corrected chi connectivity index (χ4v) is 1.97. The minimum Gasteiger partial charge on any atom is -0.451 e. The molecule has 2 aliphatic rings. The predicted molar refractivity (Wildman–Crippen MR) is 48.6 cm³/mol. The van der Waals surface area contributed by atoms with E-state index in [-0.39, 0.29) is 29.8 Å². The molecule has 2 heterocycles. The fourth-order valence-electron chi connectivity index (χ4n) is 1.27. The highest BCUT2D eigenvalue weighted by atomic mass is 32.2. The van der Waals surface area contributed by atoms with Gasteiger partial charge in [0.05, 0.1) is 6.54 Å². The highest BCUT2D eigenvalue weighted by Crippen LogP contribution is 2.21. The molecule has 74 valence electrons. The first-order chi connectivity index (χ1) is 6.66. The summed E-state index contributed by atoms with van der Waals surface area (Å²) in [5.74, 6) is -0.193. The average Bonchev–Trinajstić information content (AvgIpc) is 2.67. The van der Waals surface area contributed by atoms with Crippen LogP contribution in [0.1, 0.15) is 0 Å². The average molecular weight is 213 g/mol. The van der Waals surface area contributed by atoms with Gasteiger partial charge in [-0.1, -0.05) is 0 Å². The smallest absolute Gasteiger partial charge is 0.367 e. The third-order valence-corrected chi connectivity index (χ3v) is 2.81. The van der Waals surface area contributed by atoms with Crippen molar-refractivity contribution < 1.29 is 19.1 Å². The zero-order valence-electron chi connectivity index (χ0n) is 7.13. The molecule has 5 nitrogen and oxygen atoms in total. The van der Waals surface area contributed by atoms with Gasteiger partial charge in [-0.15, -0.1) is 0 Å². The Balaban J connectivity index is 1.95. The van der Waals surface area contributed by atoms with Gasteiger partial charge in [0.2, 0.25) is 0 Å². The van der Waals surface area contributed by atoms with Crippen molar-refractivity contribution in [3.63, 3.8) is 0 Å². The van der Waals surface area contributed by atoms with E-state index < -0.39 is 0 Å².